The molecule has 0 saturated carbocycles. The number of imidazole rings is 1. The molecule has 5 nitrogen and oxygen atoms in total. The maximum atomic E-state index is 5.82. The fourth-order valence-electron chi connectivity index (χ4n) is 1.11. The molecular weight excluding hydrogens is 284 g/mol. The minimum atomic E-state index is 0.0171. The molecule has 15 heavy (non-hydrogen) atoms. The number of fused-ring (bicyclic) bond motifs is 1. The molecular formula is C6H3Cl4N5. The van der Waals surface area contributed by atoms with Gasteiger partial charge < -0.3 is 4.57 Å². The van der Waals surface area contributed by atoms with Gasteiger partial charge in [0.25, 0.3) is 0 Å². The summed E-state index contributed by atoms with van der Waals surface area (Å²) in [6, 6.07) is 0. The molecule has 0 N–H and O–H groups in total. The predicted octanol–water partition coefficient (Wildman–Crippen LogP) is 2.78. The summed E-state index contributed by atoms with van der Waals surface area (Å²) in [5.74, 6) is 0.191. The third-order valence-corrected chi connectivity index (χ3v) is 2.61. The van der Waals surface area contributed by atoms with Crippen molar-refractivity contribution >= 4 is 63.7 Å². The van der Waals surface area contributed by atoms with Crippen LogP contribution in [0.4, 0.5) is 5.82 Å². The summed E-state index contributed by atoms with van der Waals surface area (Å²) in [6.07, 6.45) is 0. The smallest absolute Gasteiger partial charge is 0.226 e. The van der Waals surface area contributed by atoms with Gasteiger partial charge >= 0.3 is 0 Å². The first kappa shape index (κ1) is 11.0. The highest BCUT2D eigenvalue weighted by Gasteiger charge is 2.17. The Kier molecular flexibility index (Phi) is 2.81. The Balaban J connectivity index is 2.86. The van der Waals surface area contributed by atoms with Crippen molar-refractivity contribution in [1.29, 1.82) is 0 Å². The number of aromatic nitrogens is 4. The maximum Gasteiger partial charge on any atom is 0.226 e. The van der Waals surface area contributed by atoms with E-state index in [0.717, 1.165) is 3.94 Å². The molecule has 0 fully saturated rings. The second-order valence-corrected chi connectivity index (χ2v) is 4.19. The molecule has 2 heterocycles. The van der Waals surface area contributed by atoms with Gasteiger partial charge in [-0.25, -0.2) is 4.98 Å². The first-order valence-electron chi connectivity index (χ1n) is 3.68. The molecule has 2 aromatic rings. The van der Waals surface area contributed by atoms with Gasteiger partial charge in [-0.1, -0.05) is 0 Å². The third-order valence-electron chi connectivity index (χ3n) is 1.78. The van der Waals surface area contributed by atoms with E-state index in [9.17, 15) is 0 Å². The van der Waals surface area contributed by atoms with Crippen LogP contribution in [-0.2, 0) is 7.05 Å². The first-order chi connectivity index (χ1) is 7.00. The topological polar surface area (TPSA) is 46.8 Å². The van der Waals surface area contributed by atoms with Gasteiger partial charge in [-0.3, -0.25) is 0 Å². The molecule has 2 aromatic heterocycles. The molecule has 0 atom stereocenters. The summed E-state index contributed by atoms with van der Waals surface area (Å²) < 4.78 is 2.31. The van der Waals surface area contributed by atoms with E-state index < -0.39 is 0 Å². The van der Waals surface area contributed by atoms with E-state index in [0.29, 0.717) is 11.2 Å². The molecule has 0 bridgehead atoms. The van der Waals surface area contributed by atoms with E-state index in [4.69, 9.17) is 46.8 Å². The average Bonchev–Trinajstić information content (AvgIpc) is 2.43. The van der Waals surface area contributed by atoms with Crippen LogP contribution in [0.15, 0.2) is 0 Å². The zero-order valence-electron chi connectivity index (χ0n) is 7.25. The van der Waals surface area contributed by atoms with Crippen LogP contribution in [0, 0.1) is 0 Å². The lowest BCUT2D eigenvalue weighted by molar-refractivity contribution is 0.929. The second kappa shape index (κ2) is 3.83. The Bertz CT molecular complexity index is 522. The van der Waals surface area contributed by atoms with Crippen molar-refractivity contribution in [3.8, 4) is 0 Å². The van der Waals surface area contributed by atoms with E-state index in [2.05, 4.69) is 15.0 Å². The van der Waals surface area contributed by atoms with Crippen LogP contribution in [0.3, 0.4) is 0 Å². The van der Waals surface area contributed by atoms with Crippen LogP contribution >= 0.6 is 46.8 Å². The number of aryl methyl sites for hydroxylation is 1. The van der Waals surface area contributed by atoms with Gasteiger partial charge in [0.2, 0.25) is 10.6 Å². The lowest BCUT2D eigenvalue weighted by Gasteiger charge is -2.04. The van der Waals surface area contributed by atoms with Gasteiger partial charge in [0, 0.05) is 30.6 Å². The summed E-state index contributed by atoms with van der Waals surface area (Å²) in [7, 11) is 1.69. The summed E-state index contributed by atoms with van der Waals surface area (Å²) >= 11 is 22.7. The first-order valence-corrected chi connectivity index (χ1v) is 5.11. The highest BCUT2D eigenvalue weighted by molar-refractivity contribution is 6.50. The molecule has 0 saturated heterocycles. The molecule has 0 aliphatic rings. The standard InChI is InChI=1S/C6H3Cl4N5/c1-14-3-2(11-6(14)8)4(15(9)10)13-5(7)12-3/h1H3. The average molecular weight is 287 g/mol. The molecule has 0 unspecified atom stereocenters. The summed E-state index contributed by atoms with van der Waals surface area (Å²) in [6.45, 7) is 0. The van der Waals surface area contributed by atoms with Gasteiger partial charge in [-0.15, -0.1) is 0 Å². The quantitative estimate of drug-likeness (QED) is 0.459. The molecule has 0 amide bonds. The van der Waals surface area contributed by atoms with Crippen LogP contribution in [0.2, 0.25) is 10.6 Å². The van der Waals surface area contributed by atoms with Crippen LogP contribution in [0.5, 0.6) is 0 Å². The van der Waals surface area contributed by atoms with E-state index in [1.807, 2.05) is 0 Å². The molecule has 0 aromatic carbocycles. The number of anilines is 1. The molecule has 0 aliphatic carbocycles. The van der Waals surface area contributed by atoms with E-state index in [1.54, 1.807) is 11.6 Å². The normalized spacial score (nSPS) is 11.0. The number of halogens is 4. The van der Waals surface area contributed by atoms with Crippen molar-refractivity contribution in [2.45, 2.75) is 0 Å². The van der Waals surface area contributed by atoms with Gasteiger partial charge in [0.1, 0.15) is 0 Å². The Morgan fingerprint density at radius 3 is 2.40 bits per heavy atom. The van der Waals surface area contributed by atoms with Crippen molar-refractivity contribution in [2.75, 3.05) is 3.94 Å². The van der Waals surface area contributed by atoms with Crippen molar-refractivity contribution in [2.24, 2.45) is 7.05 Å². The van der Waals surface area contributed by atoms with E-state index in [-0.39, 0.29) is 16.4 Å². The number of hydrogen-bond acceptors (Lipinski definition) is 4. The summed E-state index contributed by atoms with van der Waals surface area (Å²) in [4.78, 5) is 11.8. The monoisotopic (exact) mass is 285 g/mol. The number of rotatable bonds is 1. The zero-order valence-corrected chi connectivity index (χ0v) is 10.3. The Morgan fingerprint density at radius 1 is 1.13 bits per heavy atom. The highest BCUT2D eigenvalue weighted by Crippen LogP contribution is 2.28. The fraction of sp³-hybridized carbons (Fsp3) is 0.167. The predicted molar refractivity (Wildman–Crippen MR) is 60.5 cm³/mol. The molecule has 0 spiro atoms. The van der Waals surface area contributed by atoms with Crippen LogP contribution in [0.25, 0.3) is 11.2 Å². The minimum Gasteiger partial charge on any atom is -0.302 e. The molecule has 80 valence electrons. The number of nitrogens with zero attached hydrogens (tertiary/aromatic N) is 5. The Hall–Kier alpha value is -0.490. The Morgan fingerprint density at radius 2 is 1.80 bits per heavy atom. The third kappa shape index (κ3) is 1.80. The van der Waals surface area contributed by atoms with Crippen molar-refractivity contribution in [1.82, 2.24) is 19.5 Å². The largest absolute Gasteiger partial charge is 0.302 e. The lowest BCUT2D eigenvalue weighted by Crippen LogP contribution is -2.00. The minimum absolute atomic E-state index is 0.0171. The Labute approximate surface area is 105 Å². The second-order valence-electron chi connectivity index (χ2n) is 2.66. The van der Waals surface area contributed by atoms with Gasteiger partial charge in [0.05, 0.1) is 0 Å². The van der Waals surface area contributed by atoms with E-state index >= 15 is 0 Å². The van der Waals surface area contributed by atoms with Crippen molar-refractivity contribution in [3.05, 3.63) is 10.6 Å². The van der Waals surface area contributed by atoms with Gasteiger partial charge in [-0.2, -0.15) is 13.9 Å². The maximum absolute atomic E-state index is 5.82. The van der Waals surface area contributed by atoms with Crippen LogP contribution < -0.4 is 3.94 Å². The van der Waals surface area contributed by atoms with Crippen molar-refractivity contribution < 1.29 is 0 Å². The van der Waals surface area contributed by atoms with Crippen LogP contribution in [0.1, 0.15) is 0 Å². The SMILES string of the molecule is Cn1c(Cl)nc2c(N(Cl)Cl)nc(Cl)nc21. The van der Waals surface area contributed by atoms with E-state index in [1.165, 1.54) is 0 Å². The molecule has 9 heteroatoms. The van der Waals surface area contributed by atoms with Gasteiger partial charge in [-0.05, 0) is 23.2 Å². The lowest BCUT2D eigenvalue weighted by atomic mass is 10.5. The molecule has 0 radical (unpaired) electrons. The summed E-state index contributed by atoms with van der Waals surface area (Å²) in [5, 5.41) is 0.265. The van der Waals surface area contributed by atoms with Gasteiger partial charge in [0.15, 0.2) is 17.0 Å². The zero-order chi connectivity index (χ0) is 11.2. The number of hydrogen-bond donors (Lipinski definition) is 0. The van der Waals surface area contributed by atoms with Crippen molar-refractivity contribution in [3.63, 3.8) is 0 Å². The fourth-order valence-corrected chi connectivity index (χ4v) is 1.67. The summed E-state index contributed by atoms with van der Waals surface area (Å²) in [5.41, 5.74) is 0.846. The van der Waals surface area contributed by atoms with Crippen LogP contribution in [-0.4, -0.2) is 19.5 Å². The molecule has 0 aliphatic heterocycles. The highest BCUT2D eigenvalue weighted by atomic mass is 35.5. The molecule has 2 rings (SSSR count).